The first-order chi connectivity index (χ1) is 11.4. The third kappa shape index (κ3) is 2.92. The smallest absolute Gasteiger partial charge is 0.160 e. The van der Waals surface area contributed by atoms with Gasteiger partial charge in [0.15, 0.2) is 5.65 Å². The van der Waals surface area contributed by atoms with Crippen LogP contribution in [-0.2, 0) is 0 Å². The highest BCUT2D eigenvalue weighted by Crippen LogP contribution is 2.26. The molecule has 23 heavy (non-hydrogen) atoms. The Hall–Kier alpha value is -2.41. The van der Waals surface area contributed by atoms with E-state index in [1.165, 1.54) is 19.3 Å². The lowest BCUT2D eigenvalue weighted by atomic mass is 10.1. The summed E-state index contributed by atoms with van der Waals surface area (Å²) in [5, 5.41) is 11.3. The number of aromatic amines is 1. The number of hydrogen-bond donors (Lipinski definition) is 2. The Balaban J connectivity index is 1.54. The maximum atomic E-state index is 5.68. The molecule has 2 N–H and O–H groups in total. The number of piperidine rings is 1. The van der Waals surface area contributed by atoms with Gasteiger partial charge in [-0.25, -0.2) is 9.97 Å². The van der Waals surface area contributed by atoms with Gasteiger partial charge in [-0.3, -0.25) is 10.00 Å². The molecule has 4 heterocycles. The Bertz CT molecular complexity index is 747. The monoisotopic (exact) mass is 312 g/mol. The average Bonchev–Trinajstić information content (AvgIpc) is 3.28. The van der Waals surface area contributed by atoms with E-state index in [4.69, 9.17) is 4.42 Å². The van der Waals surface area contributed by atoms with Gasteiger partial charge in [-0.1, -0.05) is 6.42 Å². The van der Waals surface area contributed by atoms with E-state index in [1.54, 1.807) is 18.8 Å². The molecule has 0 aromatic carbocycles. The summed E-state index contributed by atoms with van der Waals surface area (Å²) in [4.78, 5) is 11.0. The second-order valence-corrected chi connectivity index (χ2v) is 5.86. The third-order valence-electron chi connectivity index (χ3n) is 4.41. The van der Waals surface area contributed by atoms with Crippen LogP contribution in [0.4, 0.5) is 5.82 Å². The molecule has 4 rings (SSSR count). The molecule has 0 bridgehead atoms. The lowest BCUT2D eigenvalue weighted by Gasteiger charge is -2.33. The van der Waals surface area contributed by atoms with Crippen LogP contribution in [0, 0.1) is 0 Å². The predicted octanol–water partition coefficient (Wildman–Crippen LogP) is 2.58. The highest BCUT2D eigenvalue weighted by molar-refractivity contribution is 5.85. The molecule has 1 saturated heterocycles. The molecule has 0 amide bonds. The molecule has 0 spiro atoms. The second kappa shape index (κ2) is 6.37. The van der Waals surface area contributed by atoms with E-state index >= 15 is 0 Å². The fourth-order valence-corrected chi connectivity index (χ4v) is 3.22. The van der Waals surface area contributed by atoms with E-state index in [2.05, 4.69) is 30.4 Å². The number of aromatic nitrogens is 4. The van der Waals surface area contributed by atoms with Crippen LogP contribution in [0.1, 0.15) is 31.1 Å². The van der Waals surface area contributed by atoms with Crippen molar-refractivity contribution in [3.63, 3.8) is 0 Å². The summed E-state index contributed by atoms with van der Waals surface area (Å²) in [5.74, 6) is 1.80. The minimum atomic E-state index is 0.210. The van der Waals surface area contributed by atoms with Gasteiger partial charge in [0.25, 0.3) is 0 Å². The fraction of sp³-hybridized carbons (Fsp3) is 0.438. The first kappa shape index (κ1) is 14.2. The lowest BCUT2D eigenvalue weighted by Crippen LogP contribution is -2.37. The van der Waals surface area contributed by atoms with Crippen LogP contribution in [0.5, 0.6) is 0 Å². The topological polar surface area (TPSA) is 82.9 Å². The van der Waals surface area contributed by atoms with Gasteiger partial charge in [-0.15, -0.1) is 0 Å². The minimum Gasteiger partial charge on any atom is -0.468 e. The zero-order valence-electron chi connectivity index (χ0n) is 12.9. The van der Waals surface area contributed by atoms with Crippen molar-refractivity contribution >= 4 is 16.9 Å². The number of hydrogen-bond acceptors (Lipinski definition) is 6. The van der Waals surface area contributed by atoms with Crippen molar-refractivity contribution in [3.05, 3.63) is 36.7 Å². The van der Waals surface area contributed by atoms with Gasteiger partial charge in [0.1, 0.15) is 17.9 Å². The summed E-state index contributed by atoms with van der Waals surface area (Å²) < 4.78 is 5.68. The molecular formula is C16H20N6O. The largest absolute Gasteiger partial charge is 0.468 e. The fourth-order valence-electron chi connectivity index (χ4n) is 3.22. The SMILES string of the molecule is c1coc(C(CNc2ncnc3[nH]ncc23)N2CCCCC2)c1. The number of nitrogens with zero attached hydrogens (tertiary/aromatic N) is 4. The quantitative estimate of drug-likeness (QED) is 0.753. The maximum Gasteiger partial charge on any atom is 0.160 e. The van der Waals surface area contributed by atoms with Crippen LogP contribution < -0.4 is 5.32 Å². The van der Waals surface area contributed by atoms with Crippen LogP contribution >= 0.6 is 0 Å². The second-order valence-electron chi connectivity index (χ2n) is 5.86. The first-order valence-corrected chi connectivity index (χ1v) is 8.07. The molecule has 1 aliphatic heterocycles. The minimum absolute atomic E-state index is 0.210. The summed E-state index contributed by atoms with van der Waals surface area (Å²) in [6.07, 6.45) is 8.85. The maximum absolute atomic E-state index is 5.68. The van der Waals surface area contributed by atoms with Crippen LogP contribution in [-0.4, -0.2) is 44.7 Å². The van der Waals surface area contributed by atoms with E-state index in [9.17, 15) is 0 Å². The van der Waals surface area contributed by atoms with Crippen LogP contribution in [0.25, 0.3) is 11.0 Å². The van der Waals surface area contributed by atoms with Gasteiger partial charge in [0.2, 0.25) is 0 Å². The van der Waals surface area contributed by atoms with Crippen molar-refractivity contribution in [2.45, 2.75) is 25.3 Å². The highest BCUT2D eigenvalue weighted by Gasteiger charge is 2.24. The zero-order chi connectivity index (χ0) is 15.5. The normalized spacial score (nSPS) is 17.4. The van der Waals surface area contributed by atoms with Crippen molar-refractivity contribution < 1.29 is 4.42 Å². The van der Waals surface area contributed by atoms with Gasteiger partial charge >= 0.3 is 0 Å². The summed E-state index contributed by atoms with van der Waals surface area (Å²) in [7, 11) is 0. The zero-order valence-corrected chi connectivity index (χ0v) is 12.9. The Kier molecular flexibility index (Phi) is 3.94. The van der Waals surface area contributed by atoms with E-state index in [0.717, 1.165) is 42.2 Å². The number of anilines is 1. The average molecular weight is 312 g/mol. The molecule has 3 aromatic heterocycles. The van der Waals surface area contributed by atoms with Crippen LogP contribution in [0.2, 0.25) is 0 Å². The van der Waals surface area contributed by atoms with Crippen molar-refractivity contribution in [2.24, 2.45) is 0 Å². The summed E-state index contributed by atoms with van der Waals surface area (Å²) in [5.41, 5.74) is 0.745. The van der Waals surface area contributed by atoms with Crippen molar-refractivity contribution in [1.82, 2.24) is 25.1 Å². The van der Waals surface area contributed by atoms with E-state index in [0.29, 0.717) is 0 Å². The van der Waals surface area contributed by atoms with Crippen LogP contribution in [0.15, 0.2) is 35.3 Å². The van der Waals surface area contributed by atoms with Gasteiger partial charge in [0.05, 0.1) is 23.9 Å². The van der Waals surface area contributed by atoms with Crippen LogP contribution in [0.3, 0.4) is 0 Å². The molecule has 1 aliphatic rings. The van der Waals surface area contributed by atoms with Gasteiger partial charge in [-0.2, -0.15) is 5.10 Å². The molecule has 1 atom stereocenters. The standard InChI is InChI=1S/C16H20N6O/c1-2-6-22(7-3-1)13(14-5-4-8-23-14)10-17-15-12-9-20-21-16(12)19-11-18-15/h4-5,8-9,11,13H,1-3,6-7,10H2,(H2,17,18,19,20,21). The molecule has 1 unspecified atom stereocenters. The number of fused-ring (bicyclic) bond motifs is 1. The Morgan fingerprint density at radius 1 is 1.26 bits per heavy atom. The lowest BCUT2D eigenvalue weighted by molar-refractivity contribution is 0.153. The number of likely N-dealkylation sites (tertiary alicyclic amines) is 1. The van der Waals surface area contributed by atoms with E-state index < -0.39 is 0 Å². The summed E-state index contributed by atoms with van der Waals surface area (Å²) >= 11 is 0. The summed E-state index contributed by atoms with van der Waals surface area (Å²) in [6.45, 7) is 2.96. The first-order valence-electron chi connectivity index (χ1n) is 8.07. The number of furan rings is 1. The molecule has 3 aromatic rings. The molecule has 7 heteroatoms. The Labute approximate surface area is 134 Å². The van der Waals surface area contributed by atoms with Gasteiger partial charge < -0.3 is 9.73 Å². The Morgan fingerprint density at radius 3 is 3.00 bits per heavy atom. The molecule has 1 fully saturated rings. The van der Waals surface area contributed by atoms with Gasteiger partial charge in [0, 0.05) is 6.54 Å². The number of H-pyrrole nitrogens is 1. The summed E-state index contributed by atoms with van der Waals surface area (Å²) in [6, 6.07) is 4.21. The number of nitrogens with one attached hydrogen (secondary N) is 2. The third-order valence-corrected chi connectivity index (χ3v) is 4.41. The van der Waals surface area contributed by atoms with E-state index in [1.807, 2.05) is 12.1 Å². The highest BCUT2D eigenvalue weighted by atomic mass is 16.3. The molecule has 7 nitrogen and oxygen atoms in total. The van der Waals surface area contributed by atoms with E-state index in [-0.39, 0.29) is 6.04 Å². The molecule has 0 aliphatic carbocycles. The van der Waals surface area contributed by atoms with Crippen molar-refractivity contribution in [2.75, 3.05) is 25.0 Å². The molecule has 0 radical (unpaired) electrons. The number of rotatable bonds is 5. The van der Waals surface area contributed by atoms with Gasteiger partial charge in [-0.05, 0) is 38.1 Å². The molecular weight excluding hydrogens is 292 g/mol. The predicted molar refractivity (Wildman–Crippen MR) is 87.0 cm³/mol. The van der Waals surface area contributed by atoms with Crippen molar-refractivity contribution in [3.8, 4) is 0 Å². The molecule has 0 saturated carbocycles. The molecule has 120 valence electrons. The Morgan fingerprint density at radius 2 is 2.17 bits per heavy atom. The van der Waals surface area contributed by atoms with Crippen molar-refractivity contribution in [1.29, 1.82) is 0 Å².